The van der Waals surface area contributed by atoms with Crippen LogP contribution in [0.4, 0.5) is 5.95 Å². The van der Waals surface area contributed by atoms with E-state index in [4.69, 9.17) is 0 Å². The molecule has 0 amide bonds. The Morgan fingerprint density at radius 2 is 1.96 bits per heavy atom. The van der Waals surface area contributed by atoms with E-state index in [1.807, 2.05) is 45.9 Å². The molecule has 0 spiro atoms. The van der Waals surface area contributed by atoms with Crippen molar-refractivity contribution >= 4 is 28.0 Å². The molecule has 8 heteroatoms. The van der Waals surface area contributed by atoms with E-state index in [1.54, 1.807) is 10.9 Å². The van der Waals surface area contributed by atoms with E-state index in [9.17, 15) is 4.79 Å². The molecule has 0 unspecified atom stereocenters. The van der Waals surface area contributed by atoms with Gasteiger partial charge in [0, 0.05) is 13.1 Å². The maximum atomic E-state index is 12.4. The van der Waals surface area contributed by atoms with Crippen molar-refractivity contribution < 1.29 is 0 Å². The van der Waals surface area contributed by atoms with Gasteiger partial charge in [-0.25, -0.2) is 9.67 Å². The number of para-hydroxylation sites is 2. The third-order valence-corrected chi connectivity index (χ3v) is 4.55. The Morgan fingerprint density at radius 3 is 2.74 bits per heavy atom. The number of H-pyrrole nitrogens is 1. The van der Waals surface area contributed by atoms with E-state index in [2.05, 4.69) is 36.0 Å². The number of anilines is 1. The first-order chi connectivity index (χ1) is 12.8. The quantitative estimate of drug-likeness (QED) is 0.580. The van der Waals surface area contributed by atoms with Crippen molar-refractivity contribution in [3.8, 4) is 0 Å². The fourth-order valence-electron chi connectivity index (χ4n) is 3.26. The molecule has 0 bridgehead atoms. The molecule has 2 N–H and O–H groups in total. The fourth-order valence-corrected chi connectivity index (χ4v) is 3.26. The average molecular weight is 365 g/mol. The van der Waals surface area contributed by atoms with Gasteiger partial charge in [0.05, 0.1) is 22.8 Å². The number of hydrogen-bond acceptors (Lipinski definition) is 5. The zero-order chi connectivity index (χ0) is 19.2. The summed E-state index contributed by atoms with van der Waals surface area (Å²) in [5.41, 5.74) is 2.21. The number of aromatic nitrogens is 6. The summed E-state index contributed by atoms with van der Waals surface area (Å²) in [4.78, 5) is 24.3. The number of aryl methyl sites for hydroxylation is 1. The number of imidazole rings is 1. The maximum Gasteiger partial charge on any atom is 0.263 e. The molecular weight excluding hydrogens is 342 g/mol. The fraction of sp³-hybridized carbons (Fsp3) is 0.368. The van der Waals surface area contributed by atoms with Crippen LogP contribution in [0.25, 0.3) is 22.1 Å². The summed E-state index contributed by atoms with van der Waals surface area (Å²) in [5.74, 6) is 1.40. The molecule has 0 aliphatic heterocycles. The summed E-state index contributed by atoms with van der Waals surface area (Å²) >= 11 is 0. The Bertz CT molecular complexity index is 1180. The van der Waals surface area contributed by atoms with Crippen LogP contribution < -0.4 is 10.9 Å². The van der Waals surface area contributed by atoms with Gasteiger partial charge < -0.3 is 9.88 Å². The van der Waals surface area contributed by atoms with E-state index in [0.717, 1.165) is 16.9 Å². The summed E-state index contributed by atoms with van der Waals surface area (Å²) in [6.07, 6.45) is 1.57. The number of nitrogens with zero attached hydrogens (tertiary/aromatic N) is 5. The minimum Gasteiger partial charge on any atom is -0.354 e. The van der Waals surface area contributed by atoms with Crippen LogP contribution >= 0.6 is 0 Å². The van der Waals surface area contributed by atoms with Gasteiger partial charge >= 0.3 is 0 Å². The molecule has 140 valence electrons. The Labute approximate surface area is 156 Å². The summed E-state index contributed by atoms with van der Waals surface area (Å²) < 4.78 is 3.93. The molecule has 0 aliphatic carbocycles. The molecule has 4 rings (SSSR count). The lowest BCUT2D eigenvalue weighted by atomic mass is 10.1. The number of rotatable bonds is 4. The van der Waals surface area contributed by atoms with E-state index >= 15 is 0 Å². The van der Waals surface area contributed by atoms with Crippen molar-refractivity contribution in [3.63, 3.8) is 0 Å². The zero-order valence-electron chi connectivity index (χ0n) is 15.9. The Kier molecular flexibility index (Phi) is 3.98. The topological polar surface area (TPSA) is 93.4 Å². The molecule has 0 radical (unpaired) electrons. The van der Waals surface area contributed by atoms with E-state index in [1.165, 1.54) is 0 Å². The van der Waals surface area contributed by atoms with Crippen LogP contribution in [0.3, 0.4) is 0 Å². The van der Waals surface area contributed by atoms with Crippen LogP contribution in [0.15, 0.2) is 35.3 Å². The first-order valence-electron chi connectivity index (χ1n) is 8.99. The number of benzene rings is 1. The third-order valence-electron chi connectivity index (χ3n) is 4.55. The van der Waals surface area contributed by atoms with Gasteiger partial charge in [0.25, 0.3) is 5.56 Å². The lowest BCUT2D eigenvalue weighted by Crippen LogP contribution is -2.24. The molecule has 0 saturated carbocycles. The van der Waals surface area contributed by atoms with Gasteiger partial charge in [0.1, 0.15) is 11.2 Å². The first-order valence-corrected chi connectivity index (χ1v) is 8.99. The van der Waals surface area contributed by atoms with Crippen molar-refractivity contribution in [2.75, 3.05) is 11.9 Å². The Morgan fingerprint density at radius 1 is 1.19 bits per heavy atom. The lowest BCUT2D eigenvalue weighted by Gasteiger charge is -2.19. The van der Waals surface area contributed by atoms with Gasteiger partial charge in [-0.3, -0.25) is 9.78 Å². The molecule has 1 aromatic carbocycles. The van der Waals surface area contributed by atoms with Gasteiger partial charge in [0.2, 0.25) is 5.95 Å². The number of fused-ring (bicyclic) bond motifs is 2. The largest absolute Gasteiger partial charge is 0.354 e. The highest BCUT2D eigenvalue weighted by atomic mass is 16.1. The van der Waals surface area contributed by atoms with Crippen LogP contribution in [-0.4, -0.2) is 35.8 Å². The van der Waals surface area contributed by atoms with E-state index in [-0.39, 0.29) is 11.1 Å². The van der Waals surface area contributed by atoms with Crippen molar-refractivity contribution in [3.05, 3.63) is 46.6 Å². The maximum absolute atomic E-state index is 12.4. The molecule has 4 aromatic rings. The molecular formula is C19H23N7O. The zero-order valence-corrected chi connectivity index (χ0v) is 15.9. The van der Waals surface area contributed by atoms with Crippen molar-refractivity contribution in [2.24, 2.45) is 0 Å². The number of hydrogen-bond donors (Lipinski definition) is 2. The monoisotopic (exact) mass is 365 g/mol. The minimum atomic E-state index is -0.257. The van der Waals surface area contributed by atoms with Gasteiger partial charge in [-0.2, -0.15) is 10.1 Å². The van der Waals surface area contributed by atoms with Crippen molar-refractivity contribution in [2.45, 2.75) is 39.8 Å². The van der Waals surface area contributed by atoms with E-state index in [0.29, 0.717) is 30.1 Å². The molecule has 0 atom stereocenters. The summed E-state index contributed by atoms with van der Waals surface area (Å²) in [7, 11) is 0. The normalized spacial score (nSPS) is 12.1. The molecule has 3 heterocycles. The van der Waals surface area contributed by atoms with Gasteiger partial charge in [-0.1, -0.05) is 12.1 Å². The van der Waals surface area contributed by atoms with Crippen LogP contribution in [0, 0.1) is 6.92 Å². The third kappa shape index (κ3) is 3.07. The van der Waals surface area contributed by atoms with Gasteiger partial charge in [-0.05, 0) is 39.8 Å². The second-order valence-corrected chi connectivity index (χ2v) is 7.61. The molecule has 0 aliphatic rings. The smallest absolute Gasteiger partial charge is 0.263 e. The van der Waals surface area contributed by atoms with Gasteiger partial charge in [-0.15, -0.1) is 0 Å². The molecule has 3 aromatic heterocycles. The molecule has 8 nitrogen and oxygen atoms in total. The van der Waals surface area contributed by atoms with Crippen LogP contribution in [0.5, 0.6) is 0 Å². The van der Waals surface area contributed by atoms with E-state index < -0.39 is 0 Å². The second-order valence-electron chi connectivity index (χ2n) is 7.61. The molecule has 0 fully saturated rings. The highest BCUT2D eigenvalue weighted by Gasteiger charge is 2.19. The van der Waals surface area contributed by atoms with Crippen LogP contribution in [0.2, 0.25) is 0 Å². The highest BCUT2D eigenvalue weighted by Crippen LogP contribution is 2.19. The summed E-state index contributed by atoms with van der Waals surface area (Å²) in [6, 6.07) is 8.06. The predicted molar refractivity (Wildman–Crippen MR) is 106 cm³/mol. The standard InChI is InChI=1S/C19H23N7O/c1-12-22-14-7-5-6-8-15(14)25(12)10-9-20-18-23-16-13(17(27)24-18)11-21-26(16)19(2,3)4/h5-8,11H,9-10H2,1-4H3,(H2,20,23,24,27). The molecule has 27 heavy (non-hydrogen) atoms. The SMILES string of the molecule is Cc1nc2ccccc2n1CCNc1nc2c(cnn2C(C)(C)C)c(=O)[nH]1. The molecule has 0 saturated heterocycles. The second kappa shape index (κ2) is 6.22. The summed E-state index contributed by atoms with van der Waals surface area (Å²) in [5, 5.41) is 8.04. The lowest BCUT2D eigenvalue weighted by molar-refractivity contribution is 0.366. The highest BCUT2D eigenvalue weighted by molar-refractivity contribution is 5.76. The Hall–Kier alpha value is -3.16. The predicted octanol–water partition coefficient (Wildman–Crippen LogP) is 2.64. The first kappa shape index (κ1) is 17.3. The van der Waals surface area contributed by atoms with Crippen LogP contribution in [0.1, 0.15) is 26.6 Å². The average Bonchev–Trinajstić information content (AvgIpc) is 3.16. The van der Waals surface area contributed by atoms with Gasteiger partial charge in [0.15, 0.2) is 5.65 Å². The van der Waals surface area contributed by atoms with Crippen molar-refractivity contribution in [1.82, 2.24) is 29.3 Å². The number of nitrogens with one attached hydrogen (secondary N) is 2. The van der Waals surface area contributed by atoms with Crippen molar-refractivity contribution in [1.29, 1.82) is 0 Å². The minimum absolute atomic E-state index is 0.192. The Balaban J connectivity index is 1.59. The number of aromatic amines is 1. The van der Waals surface area contributed by atoms with Crippen LogP contribution in [-0.2, 0) is 12.1 Å². The summed E-state index contributed by atoms with van der Waals surface area (Å²) in [6.45, 7) is 9.41.